The van der Waals surface area contributed by atoms with E-state index in [1.54, 1.807) is 24.7 Å². The van der Waals surface area contributed by atoms with Gasteiger partial charge in [0.2, 0.25) is 11.8 Å². The molecule has 1 saturated heterocycles. The van der Waals surface area contributed by atoms with Gasteiger partial charge in [0.05, 0.1) is 24.9 Å². The number of piperazine rings is 1. The fraction of sp³-hybridized carbons (Fsp3) is 0.360. The molecule has 1 atom stereocenters. The molecular formula is C25H27F2N9O4. The van der Waals surface area contributed by atoms with E-state index in [0.29, 0.717) is 67.7 Å². The van der Waals surface area contributed by atoms with Crippen molar-refractivity contribution < 1.29 is 28.1 Å². The number of hydrogen-bond donors (Lipinski definition) is 3. The minimum absolute atomic E-state index is 0.178. The third-order valence-corrected chi connectivity index (χ3v) is 6.82. The highest BCUT2D eigenvalue weighted by Gasteiger charge is 2.23. The molecule has 0 aliphatic carbocycles. The lowest BCUT2D eigenvalue weighted by Gasteiger charge is -2.36. The van der Waals surface area contributed by atoms with Gasteiger partial charge in [0, 0.05) is 51.4 Å². The van der Waals surface area contributed by atoms with Crippen LogP contribution >= 0.6 is 0 Å². The standard InChI is InChI=1S/C25H27F2N9O4/c26-16-10-17(27)20(40-13-15(38)12-37)11-18(16)34-6-3-33(4-7-34)5-8-35-14-29-21-23(35)31-25(28)36-24(21)30-22(32-36)19-2-1-9-39-19/h1-2,9-11,14-15,37-38H,3-8,12-13H2,(H2,28,31)/t15-/m1/s1. The van der Waals surface area contributed by atoms with Crippen LogP contribution in [0.5, 0.6) is 5.75 Å². The van der Waals surface area contributed by atoms with Gasteiger partial charge in [-0.15, -0.1) is 5.10 Å². The van der Waals surface area contributed by atoms with E-state index in [1.165, 1.54) is 10.6 Å². The molecule has 0 bridgehead atoms. The maximum atomic E-state index is 14.6. The number of furan rings is 1. The number of ether oxygens (including phenoxy) is 1. The summed E-state index contributed by atoms with van der Waals surface area (Å²) in [5.74, 6) is -0.657. The monoisotopic (exact) mass is 555 g/mol. The van der Waals surface area contributed by atoms with Gasteiger partial charge in [-0.1, -0.05) is 0 Å². The zero-order chi connectivity index (χ0) is 27.8. The van der Waals surface area contributed by atoms with E-state index in [1.807, 2.05) is 9.47 Å². The van der Waals surface area contributed by atoms with Crippen molar-refractivity contribution in [2.24, 2.45) is 0 Å². The minimum atomic E-state index is -1.16. The Morgan fingerprint density at radius 1 is 1.07 bits per heavy atom. The van der Waals surface area contributed by atoms with E-state index in [9.17, 15) is 13.9 Å². The Morgan fingerprint density at radius 2 is 1.90 bits per heavy atom. The van der Waals surface area contributed by atoms with Crippen molar-refractivity contribution in [3.63, 3.8) is 0 Å². The van der Waals surface area contributed by atoms with E-state index in [-0.39, 0.29) is 24.0 Å². The number of hydrogen-bond acceptors (Lipinski definition) is 11. The lowest BCUT2D eigenvalue weighted by molar-refractivity contribution is 0.0523. The van der Waals surface area contributed by atoms with Crippen molar-refractivity contribution >= 4 is 28.4 Å². The summed E-state index contributed by atoms with van der Waals surface area (Å²) in [6.07, 6.45) is 2.08. The molecular weight excluding hydrogens is 528 g/mol. The van der Waals surface area contributed by atoms with Crippen molar-refractivity contribution in [3.8, 4) is 17.3 Å². The predicted octanol–water partition coefficient (Wildman–Crippen LogP) is 1.15. The van der Waals surface area contributed by atoms with Crippen LogP contribution in [0.4, 0.5) is 20.4 Å². The molecule has 13 nitrogen and oxygen atoms in total. The van der Waals surface area contributed by atoms with Crippen LogP contribution in [0.25, 0.3) is 28.4 Å². The number of nitrogens with two attached hydrogens (primary N) is 1. The van der Waals surface area contributed by atoms with Crippen LogP contribution in [0.1, 0.15) is 0 Å². The lowest BCUT2D eigenvalue weighted by atomic mass is 10.2. The molecule has 210 valence electrons. The van der Waals surface area contributed by atoms with Gasteiger partial charge in [-0.3, -0.25) is 4.90 Å². The highest BCUT2D eigenvalue weighted by atomic mass is 19.1. The Hall–Kier alpha value is -4.34. The van der Waals surface area contributed by atoms with Crippen LogP contribution in [0.3, 0.4) is 0 Å². The maximum absolute atomic E-state index is 14.6. The van der Waals surface area contributed by atoms with E-state index >= 15 is 0 Å². The first kappa shape index (κ1) is 25.9. The summed E-state index contributed by atoms with van der Waals surface area (Å²) in [5.41, 5.74) is 8.04. The molecule has 6 rings (SSSR count). The van der Waals surface area contributed by atoms with E-state index in [0.717, 1.165) is 6.07 Å². The van der Waals surface area contributed by atoms with E-state index in [2.05, 4.69) is 25.0 Å². The lowest BCUT2D eigenvalue weighted by Crippen LogP contribution is -2.47. The number of rotatable bonds is 9. The molecule has 0 unspecified atom stereocenters. The van der Waals surface area contributed by atoms with Crippen molar-refractivity contribution in [3.05, 3.63) is 48.5 Å². The second kappa shape index (κ2) is 10.7. The highest BCUT2D eigenvalue weighted by molar-refractivity contribution is 5.87. The first-order chi connectivity index (χ1) is 19.4. The molecule has 0 amide bonds. The molecule has 0 spiro atoms. The molecule has 4 aromatic heterocycles. The first-order valence-electron chi connectivity index (χ1n) is 12.7. The molecule has 5 aromatic rings. The van der Waals surface area contributed by atoms with Gasteiger partial charge in [-0.25, -0.2) is 18.7 Å². The largest absolute Gasteiger partial charge is 0.488 e. The summed E-state index contributed by atoms with van der Waals surface area (Å²) in [7, 11) is 0. The topological polar surface area (TPSA) is 156 Å². The number of aliphatic hydroxyl groups is 2. The number of halogens is 2. The normalized spacial score (nSPS) is 15.3. The SMILES string of the molecule is Nc1nc2c(ncn2CCN2CCN(c3cc(OC[C@H](O)CO)c(F)cc3F)CC2)c2nc(-c3ccco3)nn12. The van der Waals surface area contributed by atoms with Crippen molar-refractivity contribution in [1.82, 2.24) is 34.0 Å². The number of benzene rings is 1. The fourth-order valence-electron chi connectivity index (χ4n) is 4.68. The van der Waals surface area contributed by atoms with Gasteiger partial charge >= 0.3 is 0 Å². The summed E-state index contributed by atoms with van der Waals surface area (Å²) in [4.78, 5) is 17.6. The average molecular weight is 556 g/mol. The molecule has 1 aliphatic rings. The second-order valence-corrected chi connectivity index (χ2v) is 9.44. The molecule has 1 fully saturated rings. The number of aromatic nitrogens is 6. The number of fused-ring (bicyclic) bond motifs is 3. The third-order valence-electron chi connectivity index (χ3n) is 6.82. The van der Waals surface area contributed by atoms with Gasteiger partial charge in [0.25, 0.3) is 0 Å². The van der Waals surface area contributed by atoms with Gasteiger partial charge in [0.15, 0.2) is 34.1 Å². The molecule has 4 N–H and O–H groups in total. The van der Waals surface area contributed by atoms with Crippen molar-refractivity contribution in [2.45, 2.75) is 12.6 Å². The Balaban J connectivity index is 1.11. The zero-order valence-electron chi connectivity index (χ0n) is 21.3. The Morgan fingerprint density at radius 3 is 2.65 bits per heavy atom. The fourth-order valence-corrected chi connectivity index (χ4v) is 4.68. The van der Waals surface area contributed by atoms with Crippen LogP contribution in [0, 0.1) is 11.6 Å². The molecule has 5 heterocycles. The number of imidazole rings is 1. The summed E-state index contributed by atoms with van der Waals surface area (Å²) in [6, 6.07) is 5.58. The highest BCUT2D eigenvalue weighted by Crippen LogP contribution is 2.29. The van der Waals surface area contributed by atoms with Crippen molar-refractivity contribution in [2.75, 3.05) is 56.6 Å². The van der Waals surface area contributed by atoms with Gasteiger partial charge in [0.1, 0.15) is 18.5 Å². The van der Waals surface area contributed by atoms with Gasteiger partial charge < -0.3 is 34.6 Å². The molecule has 0 radical (unpaired) electrons. The van der Waals surface area contributed by atoms with Gasteiger partial charge in [-0.05, 0) is 12.1 Å². The number of nitrogens with zero attached hydrogens (tertiary/aromatic N) is 8. The summed E-state index contributed by atoms with van der Waals surface area (Å²) >= 11 is 0. The zero-order valence-corrected chi connectivity index (χ0v) is 21.3. The number of anilines is 2. The quantitative estimate of drug-likeness (QED) is 0.240. The second-order valence-electron chi connectivity index (χ2n) is 9.44. The Bertz CT molecular complexity index is 1630. The summed E-state index contributed by atoms with van der Waals surface area (Å²) in [6.45, 7) is 2.81. The Kier molecular flexibility index (Phi) is 6.91. The smallest absolute Gasteiger partial charge is 0.225 e. The molecule has 15 heteroatoms. The first-order valence-corrected chi connectivity index (χ1v) is 12.7. The van der Waals surface area contributed by atoms with Crippen LogP contribution in [-0.4, -0.2) is 96.3 Å². The van der Waals surface area contributed by atoms with Crippen LogP contribution < -0.4 is 15.4 Å². The Labute approximate surface area is 226 Å². The molecule has 0 saturated carbocycles. The average Bonchev–Trinajstić information content (AvgIpc) is 3.72. The van der Waals surface area contributed by atoms with Gasteiger partial charge in [-0.2, -0.15) is 9.50 Å². The predicted molar refractivity (Wildman–Crippen MR) is 140 cm³/mol. The van der Waals surface area contributed by atoms with E-state index < -0.39 is 24.3 Å². The van der Waals surface area contributed by atoms with E-state index in [4.69, 9.17) is 20.0 Å². The number of nitrogen functional groups attached to an aromatic ring is 1. The summed E-state index contributed by atoms with van der Waals surface area (Å²) < 4.78 is 42.7. The molecule has 1 aromatic carbocycles. The molecule has 40 heavy (non-hydrogen) atoms. The van der Waals surface area contributed by atoms with Crippen LogP contribution in [0.2, 0.25) is 0 Å². The minimum Gasteiger partial charge on any atom is -0.488 e. The van der Waals surface area contributed by atoms with Crippen molar-refractivity contribution in [1.29, 1.82) is 0 Å². The maximum Gasteiger partial charge on any atom is 0.225 e. The number of aliphatic hydroxyl groups excluding tert-OH is 2. The van der Waals surface area contributed by atoms with Crippen LogP contribution in [-0.2, 0) is 6.54 Å². The van der Waals surface area contributed by atoms with Crippen LogP contribution in [0.15, 0.2) is 41.3 Å². The molecule has 1 aliphatic heterocycles. The third kappa shape index (κ3) is 4.89. The summed E-state index contributed by atoms with van der Waals surface area (Å²) in [5, 5.41) is 22.8.